The molecule has 0 unspecified atom stereocenters. The van der Waals surface area contributed by atoms with E-state index in [1.807, 2.05) is 38.4 Å². The second-order valence-electron chi connectivity index (χ2n) is 6.50. The van der Waals surface area contributed by atoms with Gasteiger partial charge in [-0.05, 0) is 29.8 Å². The van der Waals surface area contributed by atoms with Crippen LogP contribution in [-0.2, 0) is 6.42 Å². The van der Waals surface area contributed by atoms with Crippen LogP contribution in [-0.4, -0.2) is 38.5 Å². The van der Waals surface area contributed by atoms with Crippen LogP contribution in [0.5, 0.6) is 11.5 Å². The van der Waals surface area contributed by atoms with Crippen molar-refractivity contribution in [1.82, 2.24) is 10.2 Å². The molecular formula is C20H22N4O2. The third-order valence-corrected chi connectivity index (χ3v) is 4.75. The molecule has 0 aliphatic heterocycles. The van der Waals surface area contributed by atoms with Crippen molar-refractivity contribution >= 4 is 17.2 Å². The maximum absolute atomic E-state index is 5.44. The number of nitrogens with zero attached hydrogens (tertiary/aromatic N) is 2. The van der Waals surface area contributed by atoms with E-state index < -0.39 is 0 Å². The Hall–Kier alpha value is -3.15. The number of rotatable bonds is 5. The van der Waals surface area contributed by atoms with E-state index in [2.05, 4.69) is 32.5 Å². The van der Waals surface area contributed by atoms with Crippen LogP contribution < -0.4 is 19.7 Å². The van der Waals surface area contributed by atoms with Crippen LogP contribution in [0, 0.1) is 0 Å². The molecule has 0 fully saturated rings. The lowest BCUT2D eigenvalue weighted by Gasteiger charge is -2.17. The van der Waals surface area contributed by atoms with E-state index >= 15 is 0 Å². The number of aromatic nitrogens is 2. The standard InChI is InChI=1S/C20H22N4O2/c1-24(2)16-8-6-5-7-15(16)21-20-14-9-12-10-17(25-3)18(26-4)11-13(12)19(14)22-23-20/h5-8,10-11H,9H2,1-4H3,(H2,21,22,23). The Morgan fingerprint density at radius 1 is 1.08 bits per heavy atom. The Kier molecular flexibility index (Phi) is 3.95. The Bertz CT molecular complexity index is 962. The highest BCUT2D eigenvalue weighted by molar-refractivity contribution is 5.83. The Morgan fingerprint density at radius 2 is 1.81 bits per heavy atom. The van der Waals surface area contributed by atoms with E-state index in [-0.39, 0.29) is 0 Å². The first kappa shape index (κ1) is 16.3. The quantitative estimate of drug-likeness (QED) is 0.573. The van der Waals surface area contributed by atoms with Crippen LogP contribution in [0.2, 0.25) is 0 Å². The van der Waals surface area contributed by atoms with Gasteiger partial charge in [0.2, 0.25) is 0 Å². The van der Waals surface area contributed by atoms with Crippen LogP contribution in [0.3, 0.4) is 0 Å². The third kappa shape index (κ3) is 2.54. The summed E-state index contributed by atoms with van der Waals surface area (Å²) >= 11 is 0. The predicted molar refractivity (Wildman–Crippen MR) is 104 cm³/mol. The average Bonchev–Trinajstić information content (AvgIpc) is 3.20. The minimum atomic E-state index is 0.723. The molecule has 3 aromatic rings. The molecule has 0 bridgehead atoms. The highest BCUT2D eigenvalue weighted by Gasteiger charge is 2.27. The number of para-hydroxylation sites is 2. The van der Waals surface area contributed by atoms with Gasteiger partial charge < -0.3 is 19.7 Å². The SMILES string of the molecule is COc1cc2c(cc1OC)-c1[nH]nc(Nc3ccccc3N(C)C)c1C2. The van der Waals surface area contributed by atoms with Gasteiger partial charge in [0.15, 0.2) is 17.3 Å². The summed E-state index contributed by atoms with van der Waals surface area (Å²) in [4.78, 5) is 2.08. The molecule has 1 aliphatic rings. The molecule has 1 aromatic heterocycles. The van der Waals surface area contributed by atoms with E-state index in [9.17, 15) is 0 Å². The fourth-order valence-electron chi connectivity index (χ4n) is 3.45. The van der Waals surface area contributed by atoms with Gasteiger partial charge in [0.25, 0.3) is 0 Å². The summed E-state index contributed by atoms with van der Waals surface area (Å²) < 4.78 is 10.9. The van der Waals surface area contributed by atoms with Crippen molar-refractivity contribution in [3.05, 3.63) is 47.5 Å². The molecule has 0 amide bonds. The third-order valence-electron chi connectivity index (χ3n) is 4.75. The molecule has 0 atom stereocenters. The summed E-state index contributed by atoms with van der Waals surface area (Å²) in [6.45, 7) is 0. The van der Waals surface area contributed by atoms with Gasteiger partial charge in [-0.1, -0.05) is 12.1 Å². The van der Waals surface area contributed by atoms with Crippen molar-refractivity contribution in [3.8, 4) is 22.8 Å². The number of methoxy groups -OCH3 is 2. The summed E-state index contributed by atoms with van der Waals surface area (Å²) in [7, 11) is 7.37. The van der Waals surface area contributed by atoms with Gasteiger partial charge in [0, 0.05) is 31.6 Å². The summed E-state index contributed by atoms with van der Waals surface area (Å²) in [6, 6.07) is 12.2. The second kappa shape index (κ2) is 6.29. The minimum Gasteiger partial charge on any atom is -0.493 e. The lowest BCUT2D eigenvalue weighted by molar-refractivity contribution is 0.355. The Balaban J connectivity index is 1.71. The van der Waals surface area contributed by atoms with Crippen LogP contribution in [0.25, 0.3) is 11.3 Å². The van der Waals surface area contributed by atoms with Crippen molar-refractivity contribution in [2.24, 2.45) is 0 Å². The lowest BCUT2D eigenvalue weighted by Crippen LogP contribution is -2.11. The predicted octanol–water partition coefficient (Wildman–Crippen LogP) is 3.81. The molecule has 6 nitrogen and oxygen atoms in total. The number of H-pyrrole nitrogens is 1. The molecule has 0 spiro atoms. The number of fused-ring (bicyclic) bond motifs is 3. The number of nitrogens with one attached hydrogen (secondary N) is 2. The van der Waals surface area contributed by atoms with E-state index in [0.29, 0.717) is 0 Å². The fourth-order valence-corrected chi connectivity index (χ4v) is 3.45. The lowest BCUT2D eigenvalue weighted by atomic mass is 10.1. The van der Waals surface area contributed by atoms with Gasteiger partial charge in [0.1, 0.15) is 0 Å². The molecule has 2 N–H and O–H groups in total. The molecule has 0 saturated heterocycles. The van der Waals surface area contributed by atoms with Crippen LogP contribution in [0.1, 0.15) is 11.1 Å². The number of anilines is 3. The van der Waals surface area contributed by atoms with Gasteiger partial charge in [-0.2, -0.15) is 5.10 Å². The highest BCUT2D eigenvalue weighted by atomic mass is 16.5. The largest absolute Gasteiger partial charge is 0.493 e. The topological polar surface area (TPSA) is 62.4 Å². The normalized spacial score (nSPS) is 11.7. The summed E-state index contributed by atoms with van der Waals surface area (Å²) in [5, 5.41) is 11.2. The van der Waals surface area contributed by atoms with Gasteiger partial charge in [-0.3, -0.25) is 5.10 Å². The molecule has 2 aromatic carbocycles. The smallest absolute Gasteiger partial charge is 0.161 e. The van der Waals surface area contributed by atoms with Gasteiger partial charge in [-0.15, -0.1) is 0 Å². The van der Waals surface area contributed by atoms with E-state index in [1.54, 1.807) is 14.2 Å². The van der Waals surface area contributed by atoms with Gasteiger partial charge in [-0.25, -0.2) is 0 Å². The van der Waals surface area contributed by atoms with Gasteiger partial charge >= 0.3 is 0 Å². The number of benzene rings is 2. The zero-order chi connectivity index (χ0) is 18.3. The minimum absolute atomic E-state index is 0.723. The van der Waals surface area contributed by atoms with Gasteiger partial charge in [0.05, 0.1) is 31.3 Å². The number of aromatic amines is 1. The zero-order valence-corrected chi connectivity index (χ0v) is 15.4. The molecule has 26 heavy (non-hydrogen) atoms. The first-order chi connectivity index (χ1) is 12.6. The molecule has 0 radical (unpaired) electrons. The summed E-state index contributed by atoms with van der Waals surface area (Å²) in [5.41, 5.74) is 6.64. The first-order valence-corrected chi connectivity index (χ1v) is 8.48. The maximum Gasteiger partial charge on any atom is 0.161 e. The molecule has 134 valence electrons. The number of hydrogen-bond donors (Lipinski definition) is 2. The summed E-state index contributed by atoms with van der Waals surface area (Å²) in [6.07, 6.45) is 0.800. The highest BCUT2D eigenvalue weighted by Crippen LogP contribution is 2.44. The zero-order valence-electron chi connectivity index (χ0n) is 15.4. The van der Waals surface area contributed by atoms with E-state index in [1.165, 1.54) is 5.56 Å². The van der Waals surface area contributed by atoms with Crippen LogP contribution >= 0.6 is 0 Å². The van der Waals surface area contributed by atoms with E-state index in [0.717, 1.165) is 51.9 Å². The fraction of sp³-hybridized carbons (Fsp3) is 0.250. The summed E-state index contributed by atoms with van der Waals surface area (Å²) in [5.74, 6) is 2.32. The molecule has 6 heteroatoms. The molecule has 0 saturated carbocycles. The molecule has 1 aliphatic carbocycles. The maximum atomic E-state index is 5.44. The molecule has 1 heterocycles. The number of hydrogen-bond acceptors (Lipinski definition) is 5. The average molecular weight is 350 g/mol. The van der Waals surface area contributed by atoms with Crippen molar-refractivity contribution in [1.29, 1.82) is 0 Å². The monoisotopic (exact) mass is 350 g/mol. The van der Waals surface area contributed by atoms with Crippen LogP contribution in [0.4, 0.5) is 17.2 Å². The second-order valence-corrected chi connectivity index (χ2v) is 6.50. The Morgan fingerprint density at radius 3 is 2.54 bits per heavy atom. The van der Waals surface area contributed by atoms with Crippen molar-refractivity contribution < 1.29 is 9.47 Å². The molecule has 4 rings (SSSR count). The van der Waals surface area contributed by atoms with Crippen molar-refractivity contribution in [2.75, 3.05) is 38.5 Å². The Labute approximate surface area is 152 Å². The number of ether oxygens (including phenoxy) is 2. The molecular weight excluding hydrogens is 328 g/mol. The van der Waals surface area contributed by atoms with Crippen LogP contribution in [0.15, 0.2) is 36.4 Å². The van der Waals surface area contributed by atoms with Crippen molar-refractivity contribution in [2.45, 2.75) is 6.42 Å². The first-order valence-electron chi connectivity index (χ1n) is 8.48. The van der Waals surface area contributed by atoms with E-state index in [4.69, 9.17) is 9.47 Å². The van der Waals surface area contributed by atoms with Crippen molar-refractivity contribution in [3.63, 3.8) is 0 Å².